The lowest BCUT2D eigenvalue weighted by Gasteiger charge is -2.24. The van der Waals surface area contributed by atoms with Crippen molar-refractivity contribution in [1.29, 1.82) is 0 Å². The molecule has 0 aliphatic carbocycles. The average Bonchev–Trinajstić information content (AvgIpc) is 2.48. The third kappa shape index (κ3) is 1.93. The Balaban J connectivity index is 2.21. The topological polar surface area (TPSA) is 32.8 Å². The third-order valence-electron chi connectivity index (χ3n) is 2.58. The highest BCUT2D eigenvalue weighted by molar-refractivity contribution is 7.54. The summed E-state index contributed by atoms with van der Waals surface area (Å²) in [5.41, 5.74) is 0. The molecule has 2 rings (SSSR count). The Hall–Kier alpha value is -0.830. The van der Waals surface area contributed by atoms with Gasteiger partial charge < -0.3 is 4.52 Å². The predicted molar refractivity (Wildman–Crippen MR) is 59.9 cm³/mol. The average molecular weight is 226 g/mol. The summed E-state index contributed by atoms with van der Waals surface area (Å²) in [4.78, 5) is 0. The highest BCUT2D eigenvalue weighted by atomic mass is 31.2. The van der Waals surface area contributed by atoms with Crippen molar-refractivity contribution in [3.8, 4) is 5.75 Å². The van der Waals surface area contributed by atoms with Gasteiger partial charge in [-0.15, -0.1) is 0 Å². The molecule has 4 nitrogen and oxygen atoms in total. The minimum absolute atomic E-state index is 0.654. The van der Waals surface area contributed by atoms with Crippen LogP contribution >= 0.6 is 7.67 Å². The highest BCUT2D eigenvalue weighted by Gasteiger charge is 2.41. The number of para-hydroxylation sites is 1. The van der Waals surface area contributed by atoms with E-state index in [2.05, 4.69) is 0 Å². The van der Waals surface area contributed by atoms with E-state index in [4.69, 9.17) is 4.52 Å². The van der Waals surface area contributed by atoms with Gasteiger partial charge in [-0.05, 0) is 26.2 Å². The van der Waals surface area contributed by atoms with Crippen molar-refractivity contribution in [2.24, 2.45) is 0 Å². The van der Waals surface area contributed by atoms with Crippen LogP contribution in [0, 0.1) is 0 Å². The predicted octanol–water partition coefficient (Wildman–Crippen LogP) is 2.05. The van der Waals surface area contributed by atoms with E-state index in [0.29, 0.717) is 5.75 Å². The van der Waals surface area contributed by atoms with Gasteiger partial charge >= 0.3 is 7.67 Å². The third-order valence-corrected chi connectivity index (χ3v) is 5.15. The Bertz CT molecular complexity index is 368. The normalized spacial score (nSPS) is 21.7. The maximum absolute atomic E-state index is 12.5. The van der Waals surface area contributed by atoms with Crippen LogP contribution in [-0.2, 0) is 4.57 Å². The molecule has 0 spiro atoms. The molecular formula is C10H15N2O2P. The van der Waals surface area contributed by atoms with Gasteiger partial charge in [0.15, 0.2) is 0 Å². The van der Waals surface area contributed by atoms with Crippen molar-refractivity contribution in [3.05, 3.63) is 30.3 Å². The molecule has 1 fully saturated rings. The fraction of sp³-hybridized carbons (Fsp3) is 0.400. The smallest absolute Gasteiger partial charge is 0.395 e. The Morgan fingerprint density at radius 1 is 1.13 bits per heavy atom. The number of hydrogen-bond donors (Lipinski definition) is 0. The second kappa shape index (κ2) is 3.97. The van der Waals surface area contributed by atoms with Crippen LogP contribution < -0.4 is 4.52 Å². The molecule has 0 radical (unpaired) electrons. The van der Waals surface area contributed by atoms with Crippen LogP contribution in [0.4, 0.5) is 0 Å². The van der Waals surface area contributed by atoms with Crippen LogP contribution in [0.1, 0.15) is 0 Å². The minimum atomic E-state index is -2.81. The van der Waals surface area contributed by atoms with Gasteiger partial charge in [0.2, 0.25) is 0 Å². The fourth-order valence-corrected chi connectivity index (χ4v) is 3.44. The van der Waals surface area contributed by atoms with E-state index in [-0.39, 0.29) is 0 Å². The van der Waals surface area contributed by atoms with Crippen LogP contribution in [0.25, 0.3) is 0 Å². The second-order valence-corrected chi connectivity index (χ2v) is 6.19. The molecule has 5 heteroatoms. The molecule has 1 aromatic carbocycles. The maximum Gasteiger partial charge on any atom is 0.395 e. The molecule has 1 aliphatic heterocycles. The van der Waals surface area contributed by atoms with Crippen LogP contribution in [0.2, 0.25) is 0 Å². The summed E-state index contributed by atoms with van der Waals surface area (Å²) >= 11 is 0. The molecule has 0 atom stereocenters. The summed E-state index contributed by atoms with van der Waals surface area (Å²) in [7, 11) is 0.846. The lowest BCUT2D eigenvalue weighted by Crippen LogP contribution is -2.17. The van der Waals surface area contributed by atoms with Gasteiger partial charge in [0, 0.05) is 13.1 Å². The lowest BCUT2D eigenvalue weighted by molar-refractivity contribution is 0.385. The fourth-order valence-electron chi connectivity index (χ4n) is 1.56. The SMILES string of the molecule is CN1CCN(C)P1(=O)Oc1ccccc1. The minimum Gasteiger partial charge on any atom is -0.422 e. The van der Waals surface area contributed by atoms with E-state index in [1.807, 2.05) is 44.4 Å². The monoisotopic (exact) mass is 226 g/mol. The molecule has 0 amide bonds. The molecule has 1 saturated heterocycles. The second-order valence-electron chi connectivity index (χ2n) is 3.66. The van der Waals surface area contributed by atoms with Crippen molar-refractivity contribution in [2.75, 3.05) is 27.2 Å². The van der Waals surface area contributed by atoms with Crippen molar-refractivity contribution >= 4 is 7.67 Å². The maximum atomic E-state index is 12.5. The van der Waals surface area contributed by atoms with Crippen LogP contribution in [-0.4, -0.2) is 36.5 Å². The Morgan fingerprint density at radius 3 is 2.20 bits per heavy atom. The van der Waals surface area contributed by atoms with E-state index < -0.39 is 7.67 Å². The molecule has 0 bridgehead atoms. The summed E-state index contributed by atoms with van der Waals surface area (Å²) < 4.78 is 21.6. The van der Waals surface area contributed by atoms with Gasteiger partial charge in [-0.3, -0.25) is 0 Å². The van der Waals surface area contributed by atoms with E-state index in [0.717, 1.165) is 13.1 Å². The molecule has 1 aromatic rings. The van der Waals surface area contributed by atoms with Crippen LogP contribution in [0.5, 0.6) is 5.75 Å². The first-order chi connectivity index (χ1) is 7.13. The summed E-state index contributed by atoms with van der Waals surface area (Å²) in [5, 5.41) is 0. The molecule has 0 saturated carbocycles. The summed E-state index contributed by atoms with van der Waals surface area (Å²) in [6.45, 7) is 1.56. The van der Waals surface area contributed by atoms with Gasteiger partial charge in [0.1, 0.15) is 5.75 Å². The first-order valence-electron chi connectivity index (χ1n) is 4.91. The van der Waals surface area contributed by atoms with Crippen molar-refractivity contribution in [3.63, 3.8) is 0 Å². The molecule has 1 heterocycles. The lowest BCUT2D eigenvalue weighted by atomic mass is 10.3. The standard InChI is InChI=1S/C10H15N2O2P/c1-11-8-9-12(2)15(11,13)14-10-6-4-3-5-7-10/h3-7H,8-9H2,1-2H3. The number of nitrogens with zero attached hydrogens (tertiary/aromatic N) is 2. The Morgan fingerprint density at radius 2 is 1.67 bits per heavy atom. The number of likely N-dealkylation sites (N-methyl/N-ethyl adjacent to an activating group) is 2. The summed E-state index contributed by atoms with van der Waals surface area (Å²) in [6.07, 6.45) is 0. The molecule has 82 valence electrons. The molecule has 0 unspecified atom stereocenters. The quantitative estimate of drug-likeness (QED) is 0.722. The van der Waals surface area contributed by atoms with Crippen molar-refractivity contribution < 1.29 is 9.09 Å². The highest BCUT2D eigenvalue weighted by Crippen LogP contribution is 2.55. The molecule has 0 N–H and O–H groups in total. The molecule has 1 aliphatic rings. The van der Waals surface area contributed by atoms with E-state index >= 15 is 0 Å². The summed E-state index contributed by atoms with van der Waals surface area (Å²) in [5.74, 6) is 0.654. The zero-order valence-electron chi connectivity index (χ0n) is 8.96. The Labute approximate surface area is 90.0 Å². The van der Waals surface area contributed by atoms with E-state index in [1.54, 1.807) is 9.34 Å². The van der Waals surface area contributed by atoms with E-state index in [9.17, 15) is 4.57 Å². The number of hydrogen-bond acceptors (Lipinski definition) is 2. The van der Waals surface area contributed by atoms with Gasteiger partial charge in [0.25, 0.3) is 0 Å². The zero-order valence-corrected chi connectivity index (χ0v) is 9.85. The number of rotatable bonds is 2. The number of benzene rings is 1. The van der Waals surface area contributed by atoms with Gasteiger partial charge in [-0.25, -0.2) is 13.9 Å². The Kier molecular flexibility index (Phi) is 2.83. The summed E-state index contributed by atoms with van der Waals surface area (Å²) in [6, 6.07) is 9.29. The first kappa shape index (κ1) is 10.7. The molecular weight excluding hydrogens is 211 g/mol. The van der Waals surface area contributed by atoms with Gasteiger partial charge in [-0.1, -0.05) is 18.2 Å². The van der Waals surface area contributed by atoms with Gasteiger partial charge in [0.05, 0.1) is 0 Å². The van der Waals surface area contributed by atoms with Crippen LogP contribution in [0.3, 0.4) is 0 Å². The van der Waals surface area contributed by atoms with Crippen molar-refractivity contribution in [1.82, 2.24) is 9.34 Å². The molecule has 15 heavy (non-hydrogen) atoms. The van der Waals surface area contributed by atoms with Crippen molar-refractivity contribution in [2.45, 2.75) is 0 Å². The first-order valence-corrected chi connectivity index (χ1v) is 6.44. The molecule has 0 aromatic heterocycles. The van der Waals surface area contributed by atoms with E-state index in [1.165, 1.54) is 0 Å². The van der Waals surface area contributed by atoms with Gasteiger partial charge in [-0.2, -0.15) is 0 Å². The zero-order chi connectivity index (χ0) is 10.9. The van der Waals surface area contributed by atoms with Crippen LogP contribution in [0.15, 0.2) is 30.3 Å². The largest absolute Gasteiger partial charge is 0.422 e.